The zero-order chi connectivity index (χ0) is 17.7. The third-order valence-electron chi connectivity index (χ3n) is 3.45. The number of sulfonamides is 1. The molecule has 1 aromatic heterocycles. The van der Waals surface area contributed by atoms with Gasteiger partial charge in [-0.15, -0.1) is 0 Å². The van der Waals surface area contributed by atoms with E-state index in [2.05, 4.69) is 9.71 Å². The molecule has 0 aliphatic rings. The number of imidazole rings is 1. The average molecular weight is 354 g/mol. The zero-order valence-electron chi connectivity index (χ0n) is 13.3. The summed E-state index contributed by atoms with van der Waals surface area (Å²) in [6.45, 7) is 2.69. The maximum Gasteiger partial charge on any atom is 0.312 e. The molecule has 1 heterocycles. The Labute approximate surface area is 139 Å². The Bertz CT molecular complexity index is 831. The summed E-state index contributed by atoms with van der Waals surface area (Å²) in [7, 11) is -2.54. The highest BCUT2D eigenvalue weighted by Gasteiger charge is 2.21. The lowest BCUT2D eigenvalue weighted by Gasteiger charge is -2.09. The summed E-state index contributed by atoms with van der Waals surface area (Å²) < 4.78 is 33.7. The summed E-state index contributed by atoms with van der Waals surface area (Å²) in [5.41, 5.74) is -0.394. The summed E-state index contributed by atoms with van der Waals surface area (Å²) in [5.74, 6) is 0.859. The number of aromatic nitrogens is 2. The first-order valence-electron chi connectivity index (χ1n) is 7.15. The van der Waals surface area contributed by atoms with Crippen LogP contribution < -0.4 is 9.46 Å². The molecule has 24 heavy (non-hydrogen) atoms. The second-order valence-electron chi connectivity index (χ2n) is 5.01. The molecule has 0 aliphatic carbocycles. The Kier molecular flexibility index (Phi) is 5.52. The molecule has 1 aromatic carbocycles. The smallest absolute Gasteiger partial charge is 0.312 e. The molecule has 0 spiro atoms. The van der Waals surface area contributed by atoms with Gasteiger partial charge < -0.3 is 9.30 Å². The van der Waals surface area contributed by atoms with Crippen molar-refractivity contribution >= 4 is 15.7 Å². The van der Waals surface area contributed by atoms with Gasteiger partial charge in [-0.1, -0.05) is 0 Å². The van der Waals surface area contributed by atoms with E-state index in [1.807, 2.05) is 17.7 Å². The zero-order valence-corrected chi connectivity index (χ0v) is 14.1. The standard InChI is InChI=1S/C14H18N4O5S/c1-11-15-7-9-17(11)8-3-6-16-24(21,22)12-4-5-14(23-2)13(10-12)18(19)20/h4-5,7,9-10,16H,3,6,8H2,1-2H3. The number of ether oxygens (including phenoxy) is 1. The third kappa shape index (κ3) is 4.09. The van der Waals surface area contributed by atoms with Crippen molar-refractivity contribution in [2.45, 2.75) is 24.8 Å². The van der Waals surface area contributed by atoms with Gasteiger partial charge >= 0.3 is 5.69 Å². The Balaban J connectivity index is 2.03. The molecular formula is C14H18N4O5S. The van der Waals surface area contributed by atoms with Crippen molar-refractivity contribution in [3.63, 3.8) is 0 Å². The van der Waals surface area contributed by atoms with Crippen molar-refractivity contribution in [3.05, 3.63) is 46.5 Å². The van der Waals surface area contributed by atoms with Gasteiger partial charge in [0.1, 0.15) is 5.82 Å². The molecule has 0 atom stereocenters. The van der Waals surface area contributed by atoms with Crippen LogP contribution in [0.25, 0.3) is 0 Å². The summed E-state index contributed by atoms with van der Waals surface area (Å²) >= 11 is 0. The predicted octanol–water partition coefficient (Wildman–Crippen LogP) is 1.48. The maximum atomic E-state index is 12.2. The maximum absolute atomic E-state index is 12.2. The first-order valence-corrected chi connectivity index (χ1v) is 8.63. The number of methoxy groups -OCH3 is 1. The molecule has 0 unspecified atom stereocenters. The Morgan fingerprint density at radius 3 is 2.75 bits per heavy atom. The van der Waals surface area contributed by atoms with Crippen molar-refractivity contribution in [1.82, 2.24) is 14.3 Å². The van der Waals surface area contributed by atoms with Crippen LogP contribution in [0.3, 0.4) is 0 Å². The number of hydrogen-bond acceptors (Lipinski definition) is 6. The van der Waals surface area contributed by atoms with Gasteiger partial charge in [-0.25, -0.2) is 18.1 Å². The van der Waals surface area contributed by atoms with Crippen LogP contribution in [0.5, 0.6) is 5.75 Å². The minimum atomic E-state index is -3.83. The van der Waals surface area contributed by atoms with Crippen LogP contribution in [-0.4, -0.2) is 36.5 Å². The normalized spacial score (nSPS) is 11.4. The van der Waals surface area contributed by atoms with Crippen LogP contribution in [0, 0.1) is 17.0 Å². The second-order valence-corrected chi connectivity index (χ2v) is 6.78. The first kappa shape index (κ1) is 17.9. The summed E-state index contributed by atoms with van der Waals surface area (Å²) in [6.07, 6.45) is 4.06. The highest BCUT2D eigenvalue weighted by Crippen LogP contribution is 2.29. The summed E-state index contributed by atoms with van der Waals surface area (Å²) in [4.78, 5) is 14.2. The molecule has 0 saturated heterocycles. The van der Waals surface area contributed by atoms with Gasteiger partial charge in [0.2, 0.25) is 10.0 Å². The van der Waals surface area contributed by atoms with Gasteiger partial charge in [0.05, 0.1) is 16.9 Å². The highest BCUT2D eigenvalue weighted by molar-refractivity contribution is 7.89. The SMILES string of the molecule is COc1ccc(S(=O)(=O)NCCCn2ccnc2C)cc1[N+](=O)[O-]. The summed E-state index contributed by atoms with van der Waals surface area (Å²) in [5, 5.41) is 11.0. The summed E-state index contributed by atoms with van der Waals surface area (Å²) in [6, 6.07) is 3.52. The van der Waals surface area contributed by atoms with Gasteiger partial charge in [-0.2, -0.15) is 0 Å². The van der Waals surface area contributed by atoms with E-state index in [1.165, 1.54) is 19.2 Å². The van der Waals surface area contributed by atoms with E-state index in [1.54, 1.807) is 6.20 Å². The minimum absolute atomic E-state index is 0.00883. The van der Waals surface area contributed by atoms with Crippen molar-refractivity contribution in [2.75, 3.05) is 13.7 Å². The molecule has 2 rings (SSSR count). The fourth-order valence-electron chi connectivity index (χ4n) is 2.16. The van der Waals surface area contributed by atoms with Crippen molar-refractivity contribution in [2.24, 2.45) is 0 Å². The van der Waals surface area contributed by atoms with Gasteiger partial charge in [-0.3, -0.25) is 10.1 Å². The van der Waals surface area contributed by atoms with Crippen LogP contribution in [-0.2, 0) is 16.6 Å². The minimum Gasteiger partial charge on any atom is -0.490 e. The molecule has 9 nitrogen and oxygen atoms in total. The lowest BCUT2D eigenvalue weighted by molar-refractivity contribution is -0.386. The van der Waals surface area contributed by atoms with Crippen LogP contribution in [0.15, 0.2) is 35.5 Å². The number of nitro groups is 1. The van der Waals surface area contributed by atoms with Gasteiger partial charge in [0.25, 0.3) is 0 Å². The van der Waals surface area contributed by atoms with E-state index in [4.69, 9.17) is 4.74 Å². The molecule has 0 aliphatic heterocycles. The van der Waals surface area contributed by atoms with Crippen molar-refractivity contribution < 1.29 is 18.1 Å². The number of rotatable bonds is 8. The fraction of sp³-hybridized carbons (Fsp3) is 0.357. The van der Waals surface area contributed by atoms with Gasteiger partial charge in [0, 0.05) is 31.5 Å². The van der Waals surface area contributed by atoms with Crippen LogP contribution in [0.4, 0.5) is 5.69 Å². The number of nitrogens with one attached hydrogen (secondary N) is 1. The second kappa shape index (κ2) is 7.41. The van der Waals surface area contributed by atoms with E-state index >= 15 is 0 Å². The molecule has 0 fully saturated rings. The fourth-order valence-corrected chi connectivity index (χ4v) is 3.25. The van der Waals surface area contributed by atoms with E-state index in [-0.39, 0.29) is 17.2 Å². The molecular weight excluding hydrogens is 336 g/mol. The number of nitro benzene ring substituents is 1. The molecule has 0 radical (unpaired) electrons. The van der Waals surface area contributed by atoms with E-state index in [0.717, 1.165) is 11.9 Å². The Hall–Kier alpha value is -2.46. The van der Waals surface area contributed by atoms with E-state index < -0.39 is 20.6 Å². The molecule has 2 aromatic rings. The molecule has 0 saturated carbocycles. The Morgan fingerprint density at radius 2 is 2.17 bits per heavy atom. The lowest BCUT2D eigenvalue weighted by atomic mass is 10.3. The quantitative estimate of drug-likeness (QED) is 0.436. The van der Waals surface area contributed by atoms with Gasteiger partial charge in [0.15, 0.2) is 5.75 Å². The predicted molar refractivity (Wildman–Crippen MR) is 86.4 cm³/mol. The van der Waals surface area contributed by atoms with Crippen LogP contribution in [0.1, 0.15) is 12.2 Å². The topological polar surface area (TPSA) is 116 Å². The number of aryl methyl sites for hydroxylation is 2. The molecule has 130 valence electrons. The largest absolute Gasteiger partial charge is 0.490 e. The third-order valence-corrected chi connectivity index (χ3v) is 4.91. The van der Waals surface area contributed by atoms with Crippen molar-refractivity contribution in [3.8, 4) is 5.75 Å². The monoisotopic (exact) mass is 354 g/mol. The average Bonchev–Trinajstić information content (AvgIpc) is 2.96. The van der Waals surface area contributed by atoms with Crippen LogP contribution in [0.2, 0.25) is 0 Å². The van der Waals surface area contributed by atoms with Crippen molar-refractivity contribution in [1.29, 1.82) is 0 Å². The first-order chi connectivity index (χ1) is 11.3. The van der Waals surface area contributed by atoms with Crippen LogP contribution >= 0.6 is 0 Å². The molecule has 1 N–H and O–H groups in total. The van der Waals surface area contributed by atoms with Gasteiger partial charge in [-0.05, 0) is 25.5 Å². The number of hydrogen-bond donors (Lipinski definition) is 1. The number of nitrogens with zero attached hydrogens (tertiary/aromatic N) is 3. The molecule has 10 heteroatoms. The van der Waals surface area contributed by atoms with E-state index in [0.29, 0.717) is 13.0 Å². The Morgan fingerprint density at radius 1 is 1.42 bits per heavy atom. The lowest BCUT2D eigenvalue weighted by Crippen LogP contribution is -2.25. The molecule has 0 amide bonds. The number of benzene rings is 1. The van der Waals surface area contributed by atoms with E-state index in [9.17, 15) is 18.5 Å². The molecule has 0 bridgehead atoms. The highest BCUT2D eigenvalue weighted by atomic mass is 32.2.